The molecule has 0 bridgehead atoms. The van der Waals surface area contributed by atoms with Crippen LogP contribution in [0.15, 0.2) is 23.4 Å². The summed E-state index contributed by atoms with van der Waals surface area (Å²) in [6.45, 7) is 6.81. The smallest absolute Gasteiger partial charge is 0.267 e. The number of halogens is 1. The normalized spacial score (nSPS) is 10.8. The molecule has 2 aromatic heterocycles. The van der Waals surface area contributed by atoms with Crippen molar-refractivity contribution in [2.24, 2.45) is 0 Å². The van der Waals surface area contributed by atoms with Gasteiger partial charge in [0.25, 0.3) is 5.56 Å². The quantitative estimate of drug-likeness (QED) is 0.599. The molecule has 106 valence electrons. The summed E-state index contributed by atoms with van der Waals surface area (Å²) in [5, 5.41) is 0. The fourth-order valence-electron chi connectivity index (χ4n) is 2.35. The predicted molar refractivity (Wildman–Crippen MR) is 85.1 cm³/mol. The molecule has 0 aliphatic carbocycles. The highest BCUT2D eigenvalue weighted by atomic mass is 127. The van der Waals surface area contributed by atoms with Crippen molar-refractivity contribution in [3.05, 3.63) is 49.5 Å². The van der Waals surface area contributed by atoms with Crippen molar-refractivity contribution in [3.63, 3.8) is 0 Å². The van der Waals surface area contributed by atoms with Gasteiger partial charge < -0.3 is 4.57 Å². The van der Waals surface area contributed by atoms with Gasteiger partial charge in [0.15, 0.2) is 5.78 Å². The van der Waals surface area contributed by atoms with Crippen LogP contribution in [0, 0.1) is 17.4 Å². The summed E-state index contributed by atoms with van der Waals surface area (Å²) in [6.07, 6.45) is 2.90. The van der Waals surface area contributed by atoms with Gasteiger partial charge in [-0.05, 0) is 49.4 Å². The van der Waals surface area contributed by atoms with Crippen LogP contribution in [-0.4, -0.2) is 19.9 Å². The maximum absolute atomic E-state index is 12.4. The van der Waals surface area contributed by atoms with Crippen LogP contribution in [0.1, 0.15) is 28.7 Å². The van der Waals surface area contributed by atoms with Gasteiger partial charge in [-0.1, -0.05) is 0 Å². The molecule has 0 N–H and O–H groups in total. The Bertz CT molecular complexity index is 716. The van der Waals surface area contributed by atoms with E-state index in [4.69, 9.17) is 0 Å². The Morgan fingerprint density at radius 2 is 2.10 bits per heavy atom. The average molecular weight is 385 g/mol. The summed E-state index contributed by atoms with van der Waals surface area (Å²) in [7, 11) is 0. The number of nitrogens with zero attached hydrogens (tertiary/aromatic N) is 3. The number of carbonyl (C=O) groups is 1. The van der Waals surface area contributed by atoms with Crippen molar-refractivity contribution < 1.29 is 4.79 Å². The number of carbonyl (C=O) groups excluding carboxylic acids is 1. The van der Waals surface area contributed by atoms with Crippen molar-refractivity contribution in [2.75, 3.05) is 0 Å². The maximum Gasteiger partial charge on any atom is 0.267 e. The molecule has 0 radical (unpaired) electrons. The van der Waals surface area contributed by atoms with Gasteiger partial charge in [0, 0.05) is 29.7 Å². The molecular formula is C14H16IN3O2. The van der Waals surface area contributed by atoms with Gasteiger partial charge in [0.2, 0.25) is 0 Å². The Morgan fingerprint density at radius 1 is 1.40 bits per heavy atom. The fourth-order valence-corrected chi connectivity index (χ4v) is 2.82. The zero-order valence-electron chi connectivity index (χ0n) is 11.7. The standard InChI is InChI=1S/C14H16IN3O2/c1-4-18-9(2)5-11(10(18)3)13(19)7-17-8-16-6-12(15)14(17)20/h5-6,8H,4,7H2,1-3H3. The third-order valence-corrected chi connectivity index (χ3v) is 4.10. The van der Waals surface area contributed by atoms with Crippen LogP contribution in [0.2, 0.25) is 0 Å². The number of hydrogen-bond donors (Lipinski definition) is 0. The molecule has 0 fully saturated rings. The van der Waals surface area contributed by atoms with Gasteiger partial charge >= 0.3 is 0 Å². The summed E-state index contributed by atoms with van der Waals surface area (Å²) in [5.41, 5.74) is 2.50. The van der Waals surface area contributed by atoms with E-state index in [0.717, 1.165) is 17.9 Å². The largest absolute Gasteiger partial charge is 0.349 e. The summed E-state index contributed by atoms with van der Waals surface area (Å²) >= 11 is 1.92. The minimum absolute atomic E-state index is 0.0245. The second kappa shape index (κ2) is 5.90. The Hall–Kier alpha value is -1.44. The first-order valence-corrected chi connectivity index (χ1v) is 7.43. The number of rotatable bonds is 4. The van der Waals surface area contributed by atoms with Crippen LogP contribution in [-0.2, 0) is 13.1 Å². The highest BCUT2D eigenvalue weighted by Crippen LogP contribution is 2.16. The highest BCUT2D eigenvalue weighted by molar-refractivity contribution is 14.1. The third-order valence-electron chi connectivity index (χ3n) is 3.36. The van der Waals surface area contributed by atoms with E-state index < -0.39 is 0 Å². The van der Waals surface area contributed by atoms with E-state index in [9.17, 15) is 9.59 Å². The lowest BCUT2D eigenvalue weighted by Crippen LogP contribution is -2.26. The molecule has 0 aliphatic rings. The topological polar surface area (TPSA) is 56.9 Å². The van der Waals surface area contributed by atoms with Crippen molar-refractivity contribution >= 4 is 28.4 Å². The van der Waals surface area contributed by atoms with Crippen molar-refractivity contribution in [1.82, 2.24) is 14.1 Å². The van der Waals surface area contributed by atoms with E-state index in [2.05, 4.69) is 9.55 Å². The molecule has 0 unspecified atom stereocenters. The van der Waals surface area contributed by atoms with Crippen molar-refractivity contribution in [3.8, 4) is 0 Å². The molecule has 2 heterocycles. The lowest BCUT2D eigenvalue weighted by Gasteiger charge is -2.07. The monoisotopic (exact) mass is 385 g/mol. The molecule has 6 heteroatoms. The van der Waals surface area contributed by atoms with E-state index in [-0.39, 0.29) is 17.9 Å². The Kier molecular flexibility index (Phi) is 4.42. The number of hydrogen-bond acceptors (Lipinski definition) is 3. The SMILES string of the molecule is CCn1c(C)cc(C(=O)Cn2cncc(I)c2=O)c1C. The van der Waals surface area contributed by atoms with Crippen LogP contribution in [0.4, 0.5) is 0 Å². The molecule has 20 heavy (non-hydrogen) atoms. The number of aromatic nitrogens is 3. The second-order valence-electron chi connectivity index (χ2n) is 4.63. The van der Waals surface area contributed by atoms with E-state index >= 15 is 0 Å². The van der Waals surface area contributed by atoms with Crippen molar-refractivity contribution in [2.45, 2.75) is 33.9 Å². The summed E-state index contributed by atoms with van der Waals surface area (Å²) < 4.78 is 3.95. The minimum Gasteiger partial charge on any atom is -0.349 e. The molecule has 0 saturated carbocycles. The number of ketones is 1. The van der Waals surface area contributed by atoms with Gasteiger partial charge in [-0.2, -0.15) is 0 Å². The molecule has 2 aromatic rings. The molecule has 0 saturated heterocycles. The average Bonchev–Trinajstić information content (AvgIpc) is 2.70. The van der Waals surface area contributed by atoms with E-state index in [1.165, 1.54) is 17.1 Å². The van der Waals surface area contributed by atoms with Crippen LogP contribution in [0.25, 0.3) is 0 Å². The number of aryl methyl sites for hydroxylation is 1. The molecular weight excluding hydrogens is 369 g/mol. The summed E-state index contributed by atoms with van der Waals surface area (Å²) in [5.74, 6) is -0.0660. The summed E-state index contributed by atoms with van der Waals surface area (Å²) in [4.78, 5) is 28.2. The fraction of sp³-hybridized carbons (Fsp3) is 0.357. The van der Waals surface area contributed by atoms with Crippen molar-refractivity contribution in [1.29, 1.82) is 0 Å². The predicted octanol–water partition coefficient (Wildman–Crippen LogP) is 2.17. The Morgan fingerprint density at radius 3 is 2.70 bits per heavy atom. The van der Waals surface area contributed by atoms with Gasteiger partial charge in [-0.3, -0.25) is 14.2 Å². The minimum atomic E-state index is -0.182. The van der Waals surface area contributed by atoms with Crippen LogP contribution < -0.4 is 5.56 Å². The molecule has 5 nitrogen and oxygen atoms in total. The zero-order chi connectivity index (χ0) is 14.9. The zero-order valence-corrected chi connectivity index (χ0v) is 13.8. The Balaban J connectivity index is 2.34. The van der Waals surface area contributed by atoms with E-state index in [1.54, 1.807) is 0 Å². The van der Waals surface area contributed by atoms with E-state index in [0.29, 0.717) is 9.13 Å². The maximum atomic E-state index is 12.4. The number of Topliss-reactive ketones (excluding diaryl/α,β-unsaturated/α-hetero) is 1. The molecule has 0 atom stereocenters. The first kappa shape index (κ1) is 15.0. The Labute approximate surface area is 130 Å². The third kappa shape index (κ3) is 2.70. The summed E-state index contributed by atoms with van der Waals surface area (Å²) in [6, 6.07) is 1.88. The molecule has 0 aliphatic heterocycles. The first-order valence-electron chi connectivity index (χ1n) is 6.35. The molecule has 0 spiro atoms. The molecule has 2 rings (SSSR count). The first-order chi connectivity index (χ1) is 9.45. The highest BCUT2D eigenvalue weighted by Gasteiger charge is 2.16. The van der Waals surface area contributed by atoms with Gasteiger partial charge in [0.05, 0.1) is 16.4 Å². The van der Waals surface area contributed by atoms with Gasteiger partial charge in [0.1, 0.15) is 0 Å². The molecule has 0 amide bonds. The lowest BCUT2D eigenvalue weighted by atomic mass is 10.1. The van der Waals surface area contributed by atoms with Crippen LogP contribution >= 0.6 is 22.6 Å². The second-order valence-corrected chi connectivity index (χ2v) is 5.79. The lowest BCUT2D eigenvalue weighted by molar-refractivity contribution is 0.0969. The van der Waals surface area contributed by atoms with Crippen LogP contribution in [0.5, 0.6) is 0 Å². The molecule has 0 aromatic carbocycles. The van der Waals surface area contributed by atoms with Crippen LogP contribution in [0.3, 0.4) is 0 Å². The van der Waals surface area contributed by atoms with Gasteiger partial charge in [-0.25, -0.2) is 4.98 Å². The van der Waals surface area contributed by atoms with E-state index in [1.807, 2.05) is 49.4 Å². The van der Waals surface area contributed by atoms with Gasteiger partial charge in [-0.15, -0.1) is 0 Å².